The Morgan fingerprint density at radius 2 is 2.00 bits per heavy atom. The largest absolute Gasteiger partial charge is 0.309 e. The molecular formula is C10H20ClF2N. The molecule has 1 N–H and O–H groups in total. The van der Waals surface area contributed by atoms with Gasteiger partial charge < -0.3 is 5.32 Å². The molecule has 0 aromatic heterocycles. The van der Waals surface area contributed by atoms with Crippen molar-refractivity contribution in [3.05, 3.63) is 0 Å². The van der Waals surface area contributed by atoms with E-state index in [1.54, 1.807) is 0 Å². The Labute approximate surface area is 91.1 Å². The van der Waals surface area contributed by atoms with Crippen LogP contribution in [0.1, 0.15) is 39.5 Å². The number of nitrogens with one attached hydrogen (secondary N) is 1. The molecule has 86 valence electrons. The average molecular weight is 228 g/mol. The minimum absolute atomic E-state index is 0. The third-order valence-electron chi connectivity index (χ3n) is 2.50. The van der Waals surface area contributed by atoms with Crippen LogP contribution in [0, 0.1) is 5.92 Å². The molecule has 0 radical (unpaired) electrons. The van der Waals surface area contributed by atoms with Crippen LogP contribution in [0.25, 0.3) is 0 Å². The Balaban J connectivity index is 0.00000169. The summed E-state index contributed by atoms with van der Waals surface area (Å²) < 4.78 is 27.0. The first kappa shape index (κ1) is 14.1. The minimum Gasteiger partial charge on any atom is -0.309 e. The smallest absolute Gasteiger partial charge is 0.263 e. The lowest BCUT2D eigenvalue weighted by molar-refractivity contribution is -0.0611. The first-order chi connectivity index (χ1) is 6.02. The molecule has 0 aromatic carbocycles. The number of alkyl halides is 2. The fourth-order valence-corrected chi connectivity index (χ4v) is 1.90. The fraction of sp³-hybridized carbons (Fsp3) is 1.00. The van der Waals surface area contributed by atoms with Crippen molar-refractivity contribution in [1.29, 1.82) is 0 Å². The maximum Gasteiger partial charge on any atom is 0.263 e. The van der Waals surface area contributed by atoms with Crippen LogP contribution in [0.5, 0.6) is 0 Å². The van der Waals surface area contributed by atoms with Gasteiger partial charge in [0, 0.05) is 6.42 Å². The Kier molecular flexibility index (Phi) is 5.91. The van der Waals surface area contributed by atoms with Gasteiger partial charge in [-0.2, -0.15) is 0 Å². The first-order valence-electron chi connectivity index (χ1n) is 5.13. The highest BCUT2D eigenvalue weighted by Gasteiger charge is 2.39. The lowest BCUT2D eigenvalue weighted by Crippen LogP contribution is -2.48. The molecule has 1 rings (SSSR count). The third-order valence-corrected chi connectivity index (χ3v) is 2.50. The fourth-order valence-electron chi connectivity index (χ4n) is 1.90. The van der Waals surface area contributed by atoms with Crippen LogP contribution < -0.4 is 5.32 Å². The maximum absolute atomic E-state index is 13.5. The summed E-state index contributed by atoms with van der Waals surface area (Å²) >= 11 is 0. The van der Waals surface area contributed by atoms with Gasteiger partial charge in [0.2, 0.25) is 0 Å². The molecule has 1 heterocycles. The zero-order valence-electron chi connectivity index (χ0n) is 8.85. The molecule has 0 spiro atoms. The molecule has 1 nitrogen and oxygen atoms in total. The zero-order chi connectivity index (χ0) is 9.90. The second kappa shape index (κ2) is 5.86. The van der Waals surface area contributed by atoms with Crippen LogP contribution in [-0.4, -0.2) is 18.5 Å². The summed E-state index contributed by atoms with van der Waals surface area (Å²) in [6, 6.07) is -0.580. The molecule has 0 aromatic rings. The SMILES string of the molecule is CC(C)CC(F)(F)C1CCCCN1.Cl. The summed E-state index contributed by atoms with van der Waals surface area (Å²) in [5.41, 5.74) is 0. The maximum atomic E-state index is 13.5. The quantitative estimate of drug-likeness (QED) is 0.781. The molecule has 0 amide bonds. The molecule has 1 atom stereocenters. The van der Waals surface area contributed by atoms with Crippen LogP contribution in [0.4, 0.5) is 8.78 Å². The molecular weight excluding hydrogens is 208 g/mol. The summed E-state index contributed by atoms with van der Waals surface area (Å²) in [7, 11) is 0. The summed E-state index contributed by atoms with van der Waals surface area (Å²) in [5.74, 6) is -2.45. The van der Waals surface area contributed by atoms with Gasteiger partial charge in [0.1, 0.15) is 0 Å². The number of hydrogen-bond acceptors (Lipinski definition) is 1. The molecule has 1 unspecified atom stereocenters. The van der Waals surface area contributed by atoms with E-state index in [4.69, 9.17) is 0 Å². The molecule has 14 heavy (non-hydrogen) atoms. The highest BCUT2D eigenvalue weighted by molar-refractivity contribution is 5.85. The van der Waals surface area contributed by atoms with Crippen molar-refractivity contribution < 1.29 is 8.78 Å². The highest BCUT2D eigenvalue weighted by atomic mass is 35.5. The first-order valence-corrected chi connectivity index (χ1v) is 5.13. The van der Waals surface area contributed by atoms with Crippen molar-refractivity contribution in [2.45, 2.75) is 51.5 Å². The summed E-state index contributed by atoms with van der Waals surface area (Å²) in [5, 5.41) is 2.91. The van der Waals surface area contributed by atoms with Crippen LogP contribution in [0.2, 0.25) is 0 Å². The molecule has 1 fully saturated rings. The normalized spacial score (nSPS) is 23.4. The van der Waals surface area contributed by atoms with Crippen molar-refractivity contribution in [2.75, 3.05) is 6.54 Å². The van der Waals surface area contributed by atoms with Crippen molar-refractivity contribution >= 4 is 12.4 Å². The molecule has 1 aliphatic heterocycles. The number of halogens is 3. The summed E-state index contributed by atoms with van der Waals surface area (Å²) in [6.45, 7) is 4.44. The van der Waals surface area contributed by atoms with E-state index >= 15 is 0 Å². The molecule has 0 aliphatic carbocycles. The Bertz CT molecular complexity index is 156. The van der Waals surface area contributed by atoms with Gasteiger partial charge in [0.25, 0.3) is 5.92 Å². The van der Waals surface area contributed by atoms with Gasteiger partial charge in [0.15, 0.2) is 0 Å². The van der Waals surface area contributed by atoms with Crippen molar-refractivity contribution in [2.24, 2.45) is 5.92 Å². The lowest BCUT2D eigenvalue weighted by Gasteiger charge is -2.32. The van der Waals surface area contributed by atoms with Crippen molar-refractivity contribution in [3.8, 4) is 0 Å². The Hall–Kier alpha value is 0.110. The predicted octanol–water partition coefficient (Wildman–Crippen LogP) is 3.23. The van der Waals surface area contributed by atoms with Crippen LogP contribution in [0.15, 0.2) is 0 Å². The Morgan fingerprint density at radius 3 is 2.43 bits per heavy atom. The van der Waals surface area contributed by atoms with Crippen LogP contribution in [0.3, 0.4) is 0 Å². The van der Waals surface area contributed by atoms with E-state index in [1.165, 1.54) is 0 Å². The van der Waals surface area contributed by atoms with Gasteiger partial charge in [-0.25, -0.2) is 8.78 Å². The van der Waals surface area contributed by atoms with E-state index in [0.717, 1.165) is 19.4 Å². The van der Waals surface area contributed by atoms with Gasteiger partial charge in [-0.1, -0.05) is 20.3 Å². The van der Waals surface area contributed by atoms with E-state index in [9.17, 15) is 8.78 Å². The van der Waals surface area contributed by atoms with Crippen LogP contribution in [-0.2, 0) is 0 Å². The number of piperidine rings is 1. The average Bonchev–Trinajstić information content (AvgIpc) is 2.04. The minimum atomic E-state index is -2.52. The number of hydrogen-bond donors (Lipinski definition) is 1. The molecule has 0 bridgehead atoms. The molecule has 0 saturated carbocycles. The van der Waals surface area contributed by atoms with Gasteiger partial charge in [0.05, 0.1) is 6.04 Å². The highest BCUT2D eigenvalue weighted by Crippen LogP contribution is 2.31. The summed E-state index contributed by atoms with van der Waals surface area (Å²) in [6.07, 6.45) is 2.60. The topological polar surface area (TPSA) is 12.0 Å². The standard InChI is InChI=1S/C10H19F2N.ClH/c1-8(2)7-10(11,12)9-5-3-4-6-13-9;/h8-9,13H,3-7H2,1-2H3;1H. The van der Waals surface area contributed by atoms with E-state index in [2.05, 4.69) is 5.32 Å². The second-order valence-corrected chi connectivity index (χ2v) is 4.36. The van der Waals surface area contributed by atoms with E-state index in [0.29, 0.717) is 6.42 Å². The monoisotopic (exact) mass is 227 g/mol. The van der Waals surface area contributed by atoms with Gasteiger partial charge in [-0.3, -0.25) is 0 Å². The lowest BCUT2D eigenvalue weighted by atomic mass is 9.93. The third kappa shape index (κ3) is 4.09. The Morgan fingerprint density at radius 1 is 1.36 bits per heavy atom. The van der Waals surface area contributed by atoms with Gasteiger partial charge >= 0.3 is 0 Å². The van der Waals surface area contributed by atoms with Crippen LogP contribution >= 0.6 is 12.4 Å². The van der Waals surface area contributed by atoms with E-state index in [1.807, 2.05) is 13.8 Å². The predicted molar refractivity (Wildman–Crippen MR) is 57.3 cm³/mol. The van der Waals surface area contributed by atoms with Gasteiger partial charge in [-0.15, -0.1) is 12.4 Å². The van der Waals surface area contributed by atoms with Crippen molar-refractivity contribution in [1.82, 2.24) is 5.32 Å². The molecule has 4 heteroatoms. The van der Waals surface area contributed by atoms with E-state index < -0.39 is 12.0 Å². The molecule has 1 aliphatic rings. The van der Waals surface area contributed by atoms with Gasteiger partial charge in [-0.05, 0) is 25.3 Å². The van der Waals surface area contributed by atoms with Crippen molar-refractivity contribution in [3.63, 3.8) is 0 Å². The molecule has 1 saturated heterocycles. The zero-order valence-corrected chi connectivity index (χ0v) is 9.67. The van der Waals surface area contributed by atoms with E-state index in [-0.39, 0.29) is 24.7 Å². The number of rotatable bonds is 3. The summed E-state index contributed by atoms with van der Waals surface area (Å²) in [4.78, 5) is 0. The second-order valence-electron chi connectivity index (χ2n) is 4.36.